The second kappa shape index (κ2) is 7.62. The molecule has 0 amide bonds. The monoisotopic (exact) mass is 370 g/mol. The Hall–Kier alpha value is -2.79. The summed E-state index contributed by atoms with van der Waals surface area (Å²) in [7, 11) is 1.55. The van der Waals surface area contributed by atoms with Crippen LogP contribution in [0.2, 0.25) is 5.02 Å². The van der Waals surface area contributed by atoms with E-state index < -0.39 is 5.97 Å². The van der Waals surface area contributed by atoms with Crippen LogP contribution < -0.4 is 9.47 Å². The lowest BCUT2D eigenvalue weighted by molar-refractivity contribution is 0.0722. The highest BCUT2D eigenvalue weighted by Gasteiger charge is 2.19. The van der Waals surface area contributed by atoms with Gasteiger partial charge in [0.2, 0.25) is 5.88 Å². The number of halogens is 1. The molecule has 0 aliphatic rings. The molecule has 0 spiro atoms. The molecule has 0 saturated heterocycles. The van der Waals surface area contributed by atoms with E-state index in [-0.39, 0.29) is 5.92 Å². The number of carbonyl (C=O) groups is 1. The van der Waals surface area contributed by atoms with Crippen LogP contribution in [-0.2, 0) is 0 Å². The molecule has 6 heteroatoms. The zero-order valence-electron chi connectivity index (χ0n) is 14.8. The van der Waals surface area contributed by atoms with Crippen molar-refractivity contribution in [3.8, 4) is 17.3 Å². The van der Waals surface area contributed by atoms with Crippen LogP contribution in [-0.4, -0.2) is 22.9 Å². The Balaban J connectivity index is 1.98. The van der Waals surface area contributed by atoms with E-state index >= 15 is 0 Å². The van der Waals surface area contributed by atoms with Gasteiger partial charge in [0, 0.05) is 6.07 Å². The van der Waals surface area contributed by atoms with Crippen molar-refractivity contribution in [3.63, 3.8) is 0 Å². The first-order valence-electron chi connectivity index (χ1n) is 8.20. The molecule has 0 atom stereocenters. The summed E-state index contributed by atoms with van der Waals surface area (Å²) in [6.45, 7) is 4.04. The van der Waals surface area contributed by atoms with Crippen LogP contribution in [0.4, 0.5) is 0 Å². The Labute approximate surface area is 157 Å². The van der Waals surface area contributed by atoms with Gasteiger partial charge < -0.3 is 9.47 Å². The SMILES string of the molecule is COc1cccc(C(=O)Oc2cc(C(C)C)nn2-c2ccccc2Cl)c1. The summed E-state index contributed by atoms with van der Waals surface area (Å²) < 4.78 is 12.3. The number of para-hydroxylation sites is 1. The number of nitrogens with zero attached hydrogens (tertiary/aromatic N) is 2. The van der Waals surface area contributed by atoms with Gasteiger partial charge in [-0.2, -0.15) is 9.78 Å². The lowest BCUT2D eigenvalue weighted by Gasteiger charge is -2.09. The molecule has 0 aliphatic carbocycles. The number of ether oxygens (including phenoxy) is 2. The first kappa shape index (κ1) is 18.0. The van der Waals surface area contributed by atoms with E-state index in [1.807, 2.05) is 32.0 Å². The summed E-state index contributed by atoms with van der Waals surface area (Å²) in [5.74, 6) is 0.581. The highest BCUT2D eigenvalue weighted by atomic mass is 35.5. The molecule has 0 aliphatic heterocycles. The van der Waals surface area contributed by atoms with Crippen molar-refractivity contribution < 1.29 is 14.3 Å². The third kappa shape index (κ3) is 3.73. The fourth-order valence-electron chi connectivity index (χ4n) is 2.44. The van der Waals surface area contributed by atoms with Gasteiger partial charge in [0.1, 0.15) is 5.75 Å². The molecule has 0 bridgehead atoms. The van der Waals surface area contributed by atoms with E-state index in [1.165, 1.54) is 0 Å². The minimum Gasteiger partial charge on any atom is -0.497 e. The van der Waals surface area contributed by atoms with Crippen LogP contribution in [0.5, 0.6) is 11.6 Å². The maximum atomic E-state index is 12.6. The van der Waals surface area contributed by atoms with Gasteiger partial charge in [0.15, 0.2) is 0 Å². The minimum absolute atomic E-state index is 0.174. The fourth-order valence-corrected chi connectivity index (χ4v) is 2.65. The number of hydrogen-bond acceptors (Lipinski definition) is 4. The van der Waals surface area contributed by atoms with Gasteiger partial charge in [0.05, 0.1) is 29.1 Å². The maximum absolute atomic E-state index is 12.6. The number of rotatable bonds is 5. The van der Waals surface area contributed by atoms with Gasteiger partial charge in [-0.3, -0.25) is 0 Å². The van der Waals surface area contributed by atoms with Crippen molar-refractivity contribution in [1.82, 2.24) is 9.78 Å². The molecule has 3 aromatic rings. The van der Waals surface area contributed by atoms with Gasteiger partial charge in [0.25, 0.3) is 0 Å². The van der Waals surface area contributed by atoms with E-state index in [1.54, 1.807) is 48.2 Å². The summed E-state index contributed by atoms with van der Waals surface area (Å²) in [4.78, 5) is 12.6. The van der Waals surface area contributed by atoms with Crippen LogP contribution in [0.3, 0.4) is 0 Å². The molecular formula is C20H19ClN2O3. The fraction of sp³-hybridized carbons (Fsp3) is 0.200. The van der Waals surface area contributed by atoms with Crippen molar-refractivity contribution in [3.05, 3.63) is 70.9 Å². The highest BCUT2D eigenvalue weighted by Crippen LogP contribution is 2.28. The van der Waals surface area contributed by atoms with Crippen molar-refractivity contribution in [2.24, 2.45) is 0 Å². The third-order valence-corrected chi connectivity index (χ3v) is 4.19. The second-order valence-corrected chi connectivity index (χ2v) is 6.45. The summed E-state index contributed by atoms with van der Waals surface area (Å²) in [5, 5.41) is 5.07. The number of hydrogen-bond donors (Lipinski definition) is 0. The molecule has 3 rings (SSSR count). The molecular weight excluding hydrogens is 352 g/mol. The molecule has 26 heavy (non-hydrogen) atoms. The Bertz CT molecular complexity index is 934. The Morgan fingerprint density at radius 2 is 1.88 bits per heavy atom. The standard InChI is InChI=1S/C20H19ClN2O3/c1-13(2)17-12-19(23(22-17)18-10-5-4-9-16(18)21)26-20(24)14-7-6-8-15(11-14)25-3/h4-13H,1-3H3. The number of benzene rings is 2. The van der Waals surface area contributed by atoms with Gasteiger partial charge in [-0.15, -0.1) is 0 Å². The van der Waals surface area contributed by atoms with Gasteiger partial charge in [-0.05, 0) is 36.2 Å². The Morgan fingerprint density at radius 1 is 1.12 bits per heavy atom. The number of carbonyl (C=O) groups excluding carboxylic acids is 1. The zero-order chi connectivity index (χ0) is 18.7. The average molecular weight is 371 g/mol. The third-order valence-electron chi connectivity index (χ3n) is 3.87. The molecule has 1 aromatic heterocycles. The van der Waals surface area contributed by atoms with Crippen molar-refractivity contribution >= 4 is 17.6 Å². The zero-order valence-corrected chi connectivity index (χ0v) is 15.5. The largest absolute Gasteiger partial charge is 0.497 e. The second-order valence-electron chi connectivity index (χ2n) is 6.05. The number of esters is 1. The van der Waals surface area contributed by atoms with Crippen LogP contribution in [0.25, 0.3) is 5.69 Å². The number of aromatic nitrogens is 2. The summed E-state index contributed by atoms with van der Waals surface area (Å²) in [5.41, 5.74) is 1.84. The van der Waals surface area contributed by atoms with Crippen molar-refractivity contribution in [1.29, 1.82) is 0 Å². The Kier molecular flexibility index (Phi) is 5.28. The van der Waals surface area contributed by atoms with Crippen LogP contribution in [0, 0.1) is 0 Å². The average Bonchev–Trinajstić information content (AvgIpc) is 3.06. The summed E-state index contributed by atoms with van der Waals surface area (Å²) in [6.07, 6.45) is 0. The minimum atomic E-state index is -0.493. The molecule has 2 aromatic carbocycles. The molecule has 0 radical (unpaired) electrons. The summed E-state index contributed by atoms with van der Waals surface area (Å²) in [6, 6.07) is 15.8. The van der Waals surface area contributed by atoms with E-state index in [9.17, 15) is 4.79 Å². The van der Waals surface area contributed by atoms with Gasteiger partial charge in [-0.25, -0.2) is 4.79 Å². The maximum Gasteiger partial charge on any atom is 0.344 e. The molecule has 0 unspecified atom stereocenters. The molecule has 1 heterocycles. The normalized spacial score (nSPS) is 10.8. The predicted octanol–water partition coefficient (Wildman–Crippen LogP) is 4.88. The first-order chi connectivity index (χ1) is 12.5. The quantitative estimate of drug-likeness (QED) is 0.601. The van der Waals surface area contributed by atoms with Gasteiger partial charge in [-0.1, -0.05) is 43.6 Å². The van der Waals surface area contributed by atoms with E-state index in [0.717, 1.165) is 5.69 Å². The van der Waals surface area contributed by atoms with Crippen LogP contribution >= 0.6 is 11.6 Å². The first-order valence-corrected chi connectivity index (χ1v) is 8.58. The number of methoxy groups -OCH3 is 1. The smallest absolute Gasteiger partial charge is 0.344 e. The lowest BCUT2D eigenvalue weighted by Crippen LogP contribution is -2.12. The summed E-state index contributed by atoms with van der Waals surface area (Å²) >= 11 is 6.29. The predicted molar refractivity (Wildman–Crippen MR) is 101 cm³/mol. The van der Waals surface area contributed by atoms with Gasteiger partial charge >= 0.3 is 5.97 Å². The lowest BCUT2D eigenvalue weighted by atomic mass is 10.1. The molecule has 134 valence electrons. The van der Waals surface area contributed by atoms with Crippen molar-refractivity contribution in [2.75, 3.05) is 7.11 Å². The van der Waals surface area contributed by atoms with Crippen LogP contribution in [0.1, 0.15) is 35.8 Å². The van der Waals surface area contributed by atoms with E-state index in [0.29, 0.717) is 27.9 Å². The van der Waals surface area contributed by atoms with Crippen molar-refractivity contribution in [2.45, 2.75) is 19.8 Å². The molecule has 0 N–H and O–H groups in total. The molecule has 0 fully saturated rings. The topological polar surface area (TPSA) is 53.4 Å². The van der Waals surface area contributed by atoms with E-state index in [4.69, 9.17) is 21.1 Å². The van der Waals surface area contributed by atoms with Crippen LogP contribution in [0.15, 0.2) is 54.6 Å². The molecule has 0 saturated carbocycles. The Morgan fingerprint density at radius 3 is 2.58 bits per heavy atom. The molecule has 5 nitrogen and oxygen atoms in total. The highest BCUT2D eigenvalue weighted by molar-refractivity contribution is 6.32. The van der Waals surface area contributed by atoms with E-state index in [2.05, 4.69) is 5.10 Å².